The zero-order chi connectivity index (χ0) is 29.3. The van der Waals surface area contributed by atoms with Gasteiger partial charge in [0.15, 0.2) is 5.69 Å². The number of nitrogens with zero attached hydrogens (tertiary/aromatic N) is 3. The maximum atomic E-state index is 13.3. The standard InChI is InChI=1S/C24H30ClF5N4O4S/c1-23(2,24(28,29)30)10-14-9-17(38-22(26)27)16(12-31-14)20-18(25)19(33-34(20)3)21(35)32-11-13-5-7-15(8-6-13)39(4,36)37/h9,12-13,15,22H,5-8,10-11H2,1-4H3,(H,32,35)/t13-,15-. The Labute approximate surface area is 228 Å². The van der Waals surface area contributed by atoms with E-state index >= 15 is 0 Å². The van der Waals surface area contributed by atoms with Gasteiger partial charge in [-0.2, -0.15) is 27.1 Å². The SMILES string of the molecule is Cn1nc(C(=O)NC[C@H]2CC[C@H](S(C)(=O)=O)CC2)c(Cl)c1-c1cnc(CC(C)(C)C(F)(F)F)cc1OC(F)F. The number of alkyl halides is 5. The summed E-state index contributed by atoms with van der Waals surface area (Å²) in [5.74, 6) is -1.02. The van der Waals surface area contributed by atoms with Gasteiger partial charge in [0.05, 0.1) is 26.9 Å². The zero-order valence-electron chi connectivity index (χ0n) is 21.8. The van der Waals surface area contributed by atoms with Gasteiger partial charge in [-0.3, -0.25) is 14.5 Å². The lowest BCUT2D eigenvalue weighted by molar-refractivity contribution is -0.211. The van der Waals surface area contributed by atoms with Crippen molar-refractivity contribution >= 4 is 27.3 Å². The van der Waals surface area contributed by atoms with Crippen LogP contribution in [0.2, 0.25) is 5.02 Å². The minimum atomic E-state index is -4.56. The molecule has 2 heterocycles. The highest BCUT2D eigenvalue weighted by Crippen LogP contribution is 2.42. The van der Waals surface area contributed by atoms with Crippen LogP contribution in [0.4, 0.5) is 22.0 Å². The van der Waals surface area contributed by atoms with Gasteiger partial charge in [-0.15, -0.1) is 0 Å². The van der Waals surface area contributed by atoms with Crippen LogP contribution >= 0.6 is 11.6 Å². The number of pyridine rings is 1. The first-order chi connectivity index (χ1) is 17.9. The molecule has 2 aromatic heterocycles. The lowest BCUT2D eigenvalue weighted by atomic mass is 9.86. The molecule has 0 radical (unpaired) electrons. The summed E-state index contributed by atoms with van der Waals surface area (Å²) < 4.78 is 95.6. The summed E-state index contributed by atoms with van der Waals surface area (Å²) in [6, 6.07) is 0.991. The van der Waals surface area contributed by atoms with Gasteiger partial charge < -0.3 is 10.1 Å². The van der Waals surface area contributed by atoms with E-state index in [2.05, 4.69) is 20.1 Å². The predicted molar refractivity (Wildman–Crippen MR) is 135 cm³/mol. The summed E-state index contributed by atoms with van der Waals surface area (Å²) in [5, 5.41) is 6.26. The van der Waals surface area contributed by atoms with Crippen LogP contribution in [0.1, 0.15) is 55.7 Å². The Morgan fingerprint density at radius 1 is 1.23 bits per heavy atom. The molecule has 2 aromatic rings. The van der Waals surface area contributed by atoms with Crippen molar-refractivity contribution in [2.75, 3.05) is 12.8 Å². The number of carbonyl (C=O) groups is 1. The van der Waals surface area contributed by atoms with Gasteiger partial charge in [0.25, 0.3) is 5.91 Å². The first-order valence-electron chi connectivity index (χ1n) is 12.1. The van der Waals surface area contributed by atoms with Crippen molar-refractivity contribution in [3.63, 3.8) is 0 Å². The first-order valence-corrected chi connectivity index (χ1v) is 14.4. The molecule has 0 aromatic carbocycles. The molecule has 0 saturated heterocycles. The molecule has 8 nitrogen and oxygen atoms in total. The van der Waals surface area contributed by atoms with Crippen molar-refractivity contribution in [2.24, 2.45) is 18.4 Å². The van der Waals surface area contributed by atoms with E-state index in [-0.39, 0.29) is 45.4 Å². The van der Waals surface area contributed by atoms with E-state index in [1.54, 1.807) is 0 Å². The second kappa shape index (κ2) is 11.6. The molecule has 3 rings (SSSR count). The van der Waals surface area contributed by atoms with Gasteiger partial charge >= 0.3 is 12.8 Å². The Morgan fingerprint density at radius 3 is 2.38 bits per heavy atom. The molecule has 218 valence electrons. The molecule has 0 atom stereocenters. The largest absolute Gasteiger partial charge is 0.434 e. The number of ether oxygens (including phenoxy) is 1. The minimum Gasteiger partial charge on any atom is -0.434 e. The summed E-state index contributed by atoms with van der Waals surface area (Å²) in [6.07, 6.45) is -0.622. The van der Waals surface area contributed by atoms with E-state index in [0.717, 1.165) is 26.1 Å². The number of hydrogen-bond donors (Lipinski definition) is 1. The molecule has 15 heteroatoms. The number of halogens is 6. The van der Waals surface area contributed by atoms with Crippen molar-refractivity contribution in [1.82, 2.24) is 20.1 Å². The van der Waals surface area contributed by atoms with E-state index in [4.69, 9.17) is 11.6 Å². The number of sulfone groups is 1. The molecule has 0 bridgehead atoms. The maximum absolute atomic E-state index is 13.3. The van der Waals surface area contributed by atoms with Gasteiger partial charge in [0, 0.05) is 44.2 Å². The Kier molecular flexibility index (Phi) is 9.20. The lowest BCUT2D eigenvalue weighted by Crippen LogP contribution is -2.34. The Bertz CT molecular complexity index is 1310. The normalized spacial score (nSPS) is 18.8. The van der Waals surface area contributed by atoms with E-state index in [0.29, 0.717) is 25.7 Å². The fraction of sp³-hybridized carbons (Fsp3) is 0.625. The van der Waals surface area contributed by atoms with Gasteiger partial charge in [-0.25, -0.2) is 8.42 Å². The zero-order valence-corrected chi connectivity index (χ0v) is 23.4. The maximum Gasteiger partial charge on any atom is 0.394 e. The first kappa shape index (κ1) is 31.1. The number of rotatable bonds is 9. The summed E-state index contributed by atoms with van der Waals surface area (Å²) in [4.78, 5) is 16.9. The summed E-state index contributed by atoms with van der Waals surface area (Å²) >= 11 is 6.43. The van der Waals surface area contributed by atoms with E-state index in [1.165, 1.54) is 18.0 Å². The number of aryl methyl sites for hydroxylation is 1. The van der Waals surface area contributed by atoms with Gasteiger partial charge in [0.1, 0.15) is 15.6 Å². The van der Waals surface area contributed by atoms with Crippen LogP contribution in [-0.2, 0) is 23.3 Å². The highest BCUT2D eigenvalue weighted by Gasteiger charge is 2.47. The Morgan fingerprint density at radius 2 is 1.85 bits per heavy atom. The highest BCUT2D eigenvalue weighted by atomic mass is 35.5. The molecule has 1 saturated carbocycles. The quantitative estimate of drug-likeness (QED) is 0.397. The van der Waals surface area contributed by atoms with Crippen LogP contribution in [0.25, 0.3) is 11.3 Å². The second-order valence-corrected chi connectivity index (χ2v) is 13.1. The fourth-order valence-corrected chi connectivity index (χ4v) is 6.00. The van der Waals surface area contributed by atoms with E-state index in [9.17, 15) is 35.2 Å². The van der Waals surface area contributed by atoms with Crippen molar-refractivity contribution in [1.29, 1.82) is 0 Å². The fourth-order valence-electron chi connectivity index (χ4n) is 4.52. The molecule has 0 spiro atoms. The molecular weight excluding hydrogens is 571 g/mol. The highest BCUT2D eigenvalue weighted by molar-refractivity contribution is 7.91. The molecule has 1 aliphatic rings. The summed E-state index contributed by atoms with van der Waals surface area (Å²) in [7, 11) is -1.70. The summed E-state index contributed by atoms with van der Waals surface area (Å²) in [5.41, 5.74) is -2.56. The summed E-state index contributed by atoms with van der Waals surface area (Å²) in [6.45, 7) is -1.09. The van der Waals surface area contributed by atoms with Crippen LogP contribution in [0.15, 0.2) is 12.3 Å². The third-order valence-electron chi connectivity index (χ3n) is 6.94. The van der Waals surface area contributed by atoms with Crippen LogP contribution in [-0.4, -0.2) is 59.9 Å². The molecular formula is C24H30ClF5N4O4S. The molecule has 0 unspecified atom stereocenters. The van der Waals surface area contributed by atoms with Gasteiger partial charge in [0.2, 0.25) is 0 Å². The number of carbonyl (C=O) groups excluding carboxylic acids is 1. The molecule has 1 amide bonds. The third-order valence-corrected chi connectivity index (χ3v) is 8.98. The molecule has 1 N–H and O–H groups in total. The minimum absolute atomic E-state index is 0.0141. The smallest absolute Gasteiger partial charge is 0.394 e. The van der Waals surface area contributed by atoms with Crippen molar-refractivity contribution in [2.45, 2.75) is 64.0 Å². The predicted octanol–water partition coefficient (Wildman–Crippen LogP) is 5.20. The number of aromatic nitrogens is 3. The molecule has 0 aliphatic heterocycles. The van der Waals surface area contributed by atoms with Crippen molar-refractivity contribution in [3.8, 4) is 17.0 Å². The van der Waals surface area contributed by atoms with Gasteiger partial charge in [-0.1, -0.05) is 25.4 Å². The van der Waals surface area contributed by atoms with Crippen molar-refractivity contribution in [3.05, 3.63) is 28.7 Å². The number of hydrogen-bond acceptors (Lipinski definition) is 6. The van der Waals surface area contributed by atoms with Gasteiger partial charge in [-0.05, 0) is 31.6 Å². The average Bonchev–Trinajstić information content (AvgIpc) is 3.10. The van der Waals surface area contributed by atoms with E-state index in [1.807, 2.05) is 0 Å². The van der Waals surface area contributed by atoms with Crippen LogP contribution in [0, 0.1) is 11.3 Å². The molecule has 1 fully saturated rings. The number of amides is 1. The van der Waals surface area contributed by atoms with Crippen LogP contribution in [0.5, 0.6) is 5.75 Å². The monoisotopic (exact) mass is 600 g/mol. The lowest BCUT2D eigenvalue weighted by Gasteiger charge is -2.27. The Hall–Kier alpha value is -2.48. The molecule has 1 aliphatic carbocycles. The van der Waals surface area contributed by atoms with Crippen molar-refractivity contribution < 1.29 is 39.9 Å². The Balaban J connectivity index is 1.82. The second-order valence-electron chi connectivity index (χ2n) is 10.4. The average molecular weight is 601 g/mol. The third kappa shape index (κ3) is 7.38. The molecule has 39 heavy (non-hydrogen) atoms. The van der Waals surface area contributed by atoms with E-state index < -0.39 is 46.1 Å². The van der Waals surface area contributed by atoms with Crippen LogP contribution < -0.4 is 10.1 Å². The topological polar surface area (TPSA) is 103 Å². The van der Waals surface area contributed by atoms with Crippen LogP contribution in [0.3, 0.4) is 0 Å². The number of nitrogens with one attached hydrogen (secondary N) is 1.